The Bertz CT molecular complexity index is 551. The zero-order chi connectivity index (χ0) is 16.8. The van der Waals surface area contributed by atoms with Crippen molar-refractivity contribution in [3.63, 3.8) is 0 Å². The number of nitrogens with one attached hydrogen (secondary N) is 2. The second kappa shape index (κ2) is 8.09. The first-order valence-corrected chi connectivity index (χ1v) is 8.51. The van der Waals surface area contributed by atoms with Gasteiger partial charge in [-0.1, -0.05) is 33.1 Å². The Balaban J connectivity index is 1.99. The molecule has 0 aromatic carbocycles. The van der Waals surface area contributed by atoms with Gasteiger partial charge in [0.25, 0.3) is 0 Å². The SMILES string of the molecule is Cc1ccnc(NC(=O)C(NC(=O)C2CCCCC2)C(C)C)c1. The number of aryl methyl sites for hydroxylation is 1. The lowest BCUT2D eigenvalue weighted by Gasteiger charge is -2.26. The van der Waals surface area contributed by atoms with Crippen LogP contribution >= 0.6 is 0 Å². The van der Waals surface area contributed by atoms with Crippen LogP contribution in [0.25, 0.3) is 0 Å². The first-order valence-electron chi connectivity index (χ1n) is 8.51. The minimum atomic E-state index is -0.535. The molecular formula is C18H27N3O2. The molecule has 1 unspecified atom stereocenters. The summed E-state index contributed by atoms with van der Waals surface area (Å²) >= 11 is 0. The Hall–Kier alpha value is -1.91. The van der Waals surface area contributed by atoms with E-state index < -0.39 is 6.04 Å². The number of pyridine rings is 1. The monoisotopic (exact) mass is 317 g/mol. The summed E-state index contributed by atoms with van der Waals surface area (Å²) in [6.07, 6.45) is 6.93. The molecule has 1 aromatic rings. The summed E-state index contributed by atoms with van der Waals surface area (Å²) < 4.78 is 0. The van der Waals surface area contributed by atoms with Crippen molar-refractivity contribution in [2.24, 2.45) is 11.8 Å². The van der Waals surface area contributed by atoms with E-state index in [1.807, 2.05) is 32.9 Å². The van der Waals surface area contributed by atoms with Crippen LogP contribution in [0.15, 0.2) is 18.3 Å². The second-order valence-electron chi connectivity index (χ2n) is 6.77. The maximum absolute atomic E-state index is 12.5. The van der Waals surface area contributed by atoms with Gasteiger partial charge < -0.3 is 10.6 Å². The van der Waals surface area contributed by atoms with Gasteiger partial charge in [-0.2, -0.15) is 0 Å². The topological polar surface area (TPSA) is 71.1 Å². The minimum Gasteiger partial charge on any atom is -0.344 e. The van der Waals surface area contributed by atoms with Crippen molar-refractivity contribution in [2.45, 2.75) is 58.9 Å². The number of anilines is 1. The number of carbonyl (C=O) groups is 2. The van der Waals surface area contributed by atoms with E-state index in [1.54, 1.807) is 6.20 Å². The van der Waals surface area contributed by atoms with Crippen LogP contribution in [0.5, 0.6) is 0 Å². The quantitative estimate of drug-likeness (QED) is 0.877. The van der Waals surface area contributed by atoms with Crippen molar-refractivity contribution in [1.29, 1.82) is 0 Å². The number of carbonyl (C=O) groups excluding carboxylic acids is 2. The van der Waals surface area contributed by atoms with Gasteiger partial charge in [-0.25, -0.2) is 4.98 Å². The lowest BCUT2D eigenvalue weighted by molar-refractivity contribution is -0.130. The maximum atomic E-state index is 12.5. The van der Waals surface area contributed by atoms with E-state index in [4.69, 9.17) is 0 Å². The molecule has 1 aliphatic rings. The fraction of sp³-hybridized carbons (Fsp3) is 0.611. The second-order valence-corrected chi connectivity index (χ2v) is 6.77. The molecule has 0 saturated heterocycles. The van der Waals surface area contributed by atoms with E-state index in [2.05, 4.69) is 15.6 Å². The van der Waals surface area contributed by atoms with Crippen LogP contribution < -0.4 is 10.6 Å². The van der Waals surface area contributed by atoms with Crippen molar-refractivity contribution < 1.29 is 9.59 Å². The summed E-state index contributed by atoms with van der Waals surface area (Å²) in [6, 6.07) is 3.16. The third kappa shape index (κ3) is 5.05. The van der Waals surface area contributed by atoms with E-state index in [9.17, 15) is 9.59 Å². The summed E-state index contributed by atoms with van der Waals surface area (Å²) in [4.78, 5) is 29.1. The number of nitrogens with zero attached hydrogens (tertiary/aromatic N) is 1. The lowest BCUT2D eigenvalue weighted by Crippen LogP contribution is -2.49. The smallest absolute Gasteiger partial charge is 0.248 e. The van der Waals surface area contributed by atoms with E-state index in [0.29, 0.717) is 5.82 Å². The molecule has 0 aliphatic heterocycles. The summed E-state index contributed by atoms with van der Waals surface area (Å²) in [6.45, 7) is 5.83. The predicted octanol–water partition coefficient (Wildman–Crippen LogP) is 3.05. The fourth-order valence-corrected chi connectivity index (χ4v) is 2.98. The van der Waals surface area contributed by atoms with Crippen LogP contribution in [0, 0.1) is 18.8 Å². The summed E-state index contributed by atoms with van der Waals surface area (Å²) in [5.74, 6) is 0.396. The van der Waals surface area contributed by atoms with Gasteiger partial charge in [0.1, 0.15) is 11.9 Å². The molecule has 1 fully saturated rings. The van der Waals surface area contributed by atoms with E-state index in [0.717, 1.165) is 31.2 Å². The molecule has 5 heteroatoms. The first kappa shape index (κ1) is 17.4. The van der Waals surface area contributed by atoms with Crippen LogP contribution in [0.3, 0.4) is 0 Å². The van der Waals surface area contributed by atoms with Gasteiger partial charge >= 0.3 is 0 Å². The average Bonchev–Trinajstić information content (AvgIpc) is 2.52. The standard InChI is InChI=1S/C18H27N3O2/c1-12(2)16(21-17(22)14-7-5-4-6-8-14)18(23)20-15-11-13(3)9-10-19-15/h9-12,14,16H,4-8H2,1-3H3,(H,21,22)(H,19,20,23). The van der Waals surface area contributed by atoms with Gasteiger partial charge in [-0.3, -0.25) is 9.59 Å². The van der Waals surface area contributed by atoms with Gasteiger partial charge in [0.05, 0.1) is 0 Å². The highest BCUT2D eigenvalue weighted by Gasteiger charge is 2.28. The Morgan fingerprint density at radius 2 is 1.91 bits per heavy atom. The molecule has 0 bridgehead atoms. The molecule has 23 heavy (non-hydrogen) atoms. The molecule has 2 rings (SSSR count). The summed E-state index contributed by atoms with van der Waals surface area (Å²) in [5.41, 5.74) is 1.03. The number of hydrogen-bond donors (Lipinski definition) is 2. The minimum absolute atomic E-state index is 0.00996. The lowest BCUT2D eigenvalue weighted by atomic mass is 9.88. The van der Waals surface area contributed by atoms with Gasteiger partial charge in [0.15, 0.2) is 0 Å². The van der Waals surface area contributed by atoms with Crippen molar-refractivity contribution in [3.8, 4) is 0 Å². The Morgan fingerprint density at radius 3 is 2.52 bits per heavy atom. The molecule has 5 nitrogen and oxygen atoms in total. The van der Waals surface area contributed by atoms with Gasteiger partial charge in [0.2, 0.25) is 11.8 Å². The van der Waals surface area contributed by atoms with Crippen LogP contribution in [-0.4, -0.2) is 22.8 Å². The Kier molecular flexibility index (Phi) is 6.13. The van der Waals surface area contributed by atoms with Gasteiger partial charge in [-0.15, -0.1) is 0 Å². The van der Waals surface area contributed by atoms with Crippen molar-refractivity contribution in [3.05, 3.63) is 23.9 Å². The number of hydrogen-bond acceptors (Lipinski definition) is 3. The highest BCUT2D eigenvalue weighted by atomic mass is 16.2. The summed E-state index contributed by atoms with van der Waals surface area (Å²) in [7, 11) is 0. The van der Waals surface area contributed by atoms with Crippen LogP contribution in [0.2, 0.25) is 0 Å². The maximum Gasteiger partial charge on any atom is 0.248 e. The molecular weight excluding hydrogens is 290 g/mol. The molecule has 1 atom stereocenters. The zero-order valence-corrected chi connectivity index (χ0v) is 14.3. The molecule has 1 aromatic heterocycles. The predicted molar refractivity (Wildman–Crippen MR) is 90.9 cm³/mol. The molecule has 2 N–H and O–H groups in total. The van der Waals surface area contributed by atoms with Crippen molar-refractivity contribution in [1.82, 2.24) is 10.3 Å². The molecule has 0 spiro atoms. The Labute approximate surface area is 138 Å². The third-order valence-electron chi connectivity index (χ3n) is 4.39. The van der Waals surface area contributed by atoms with Gasteiger partial charge in [-0.05, 0) is 43.4 Å². The van der Waals surface area contributed by atoms with E-state index >= 15 is 0 Å². The molecule has 2 amide bonds. The zero-order valence-electron chi connectivity index (χ0n) is 14.3. The molecule has 1 heterocycles. The number of aromatic nitrogens is 1. The summed E-state index contributed by atoms with van der Waals surface area (Å²) in [5, 5.41) is 5.75. The van der Waals surface area contributed by atoms with E-state index in [-0.39, 0.29) is 23.7 Å². The van der Waals surface area contributed by atoms with Gasteiger partial charge in [0, 0.05) is 12.1 Å². The largest absolute Gasteiger partial charge is 0.344 e. The Morgan fingerprint density at radius 1 is 1.22 bits per heavy atom. The first-order chi connectivity index (χ1) is 11.0. The third-order valence-corrected chi connectivity index (χ3v) is 4.39. The molecule has 126 valence electrons. The fourth-order valence-electron chi connectivity index (χ4n) is 2.98. The van der Waals surface area contributed by atoms with Crippen molar-refractivity contribution >= 4 is 17.6 Å². The van der Waals surface area contributed by atoms with E-state index in [1.165, 1.54) is 6.42 Å². The molecule has 0 radical (unpaired) electrons. The van der Waals surface area contributed by atoms with Crippen molar-refractivity contribution in [2.75, 3.05) is 5.32 Å². The number of rotatable bonds is 5. The van der Waals surface area contributed by atoms with Crippen LogP contribution in [0.4, 0.5) is 5.82 Å². The van der Waals surface area contributed by atoms with Crippen LogP contribution in [-0.2, 0) is 9.59 Å². The molecule has 1 saturated carbocycles. The number of amides is 2. The molecule has 1 aliphatic carbocycles. The van der Waals surface area contributed by atoms with Crippen LogP contribution in [0.1, 0.15) is 51.5 Å². The normalized spacial score (nSPS) is 16.9. The average molecular weight is 317 g/mol. The highest BCUT2D eigenvalue weighted by molar-refractivity contribution is 5.97. The highest BCUT2D eigenvalue weighted by Crippen LogP contribution is 2.24.